The maximum absolute atomic E-state index is 6.41. The molecule has 0 amide bonds. The van der Waals surface area contributed by atoms with Gasteiger partial charge in [-0.1, -0.05) is 85.6 Å². The number of benzene rings is 4. The normalized spacial score (nSPS) is 11.3. The third-order valence-corrected chi connectivity index (χ3v) is 5.46. The van der Waals surface area contributed by atoms with Gasteiger partial charge in [-0.25, -0.2) is 0 Å². The third-order valence-electron chi connectivity index (χ3n) is 4.97. The SMILES string of the molecule is CC(C)c1cc(-c2ccc(Cl)cc2)c2ccc(Cl)cc2c1-c1ccccc1. The van der Waals surface area contributed by atoms with Gasteiger partial charge in [-0.3, -0.25) is 0 Å². The Morgan fingerprint density at radius 3 is 1.96 bits per heavy atom. The number of fused-ring (bicyclic) bond motifs is 1. The van der Waals surface area contributed by atoms with Crippen LogP contribution in [0.5, 0.6) is 0 Å². The van der Waals surface area contributed by atoms with Gasteiger partial charge in [-0.15, -0.1) is 0 Å². The van der Waals surface area contributed by atoms with Crippen molar-refractivity contribution in [2.75, 3.05) is 0 Å². The summed E-state index contributed by atoms with van der Waals surface area (Å²) in [5, 5.41) is 3.88. The molecule has 0 fully saturated rings. The van der Waals surface area contributed by atoms with Crippen LogP contribution in [0.4, 0.5) is 0 Å². The summed E-state index contributed by atoms with van der Waals surface area (Å²) in [6, 6.07) is 27.1. The summed E-state index contributed by atoms with van der Waals surface area (Å²) in [5.74, 6) is 0.384. The van der Waals surface area contributed by atoms with Crippen molar-refractivity contribution in [1.29, 1.82) is 0 Å². The fourth-order valence-corrected chi connectivity index (χ4v) is 3.97. The van der Waals surface area contributed by atoms with E-state index in [1.807, 2.05) is 18.2 Å². The molecule has 0 heterocycles. The van der Waals surface area contributed by atoms with Crippen LogP contribution in [0.15, 0.2) is 78.9 Å². The van der Waals surface area contributed by atoms with Gasteiger partial charge in [0.2, 0.25) is 0 Å². The topological polar surface area (TPSA) is 0 Å². The van der Waals surface area contributed by atoms with E-state index >= 15 is 0 Å². The zero-order valence-electron chi connectivity index (χ0n) is 15.3. The van der Waals surface area contributed by atoms with Crippen molar-refractivity contribution < 1.29 is 0 Å². The lowest BCUT2D eigenvalue weighted by atomic mass is 9.84. The van der Waals surface area contributed by atoms with Crippen LogP contribution < -0.4 is 0 Å². The van der Waals surface area contributed by atoms with Crippen LogP contribution in [0.1, 0.15) is 25.3 Å². The molecule has 134 valence electrons. The first-order valence-electron chi connectivity index (χ1n) is 9.12. The van der Waals surface area contributed by atoms with E-state index in [2.05, 4.69) is 74.5 Å². The van der Waals surface area contributed by atoms with Gasteiger partial charge in [-0.2, -0.15) is 0 Å². The molecule has 0 bridgehead atoms. The van der Waals surface area contributed by atoms with Crippen molar-refractivity contribution in [2.45, 2.75) is 19.8 Å². The van der Waals surface area contributed by atoms with Gasteiger partial charge in [0, 0.05) is 10.0 Å². The van der Waals surface area contributed by atoms with E-state index in [1.165, 1.54) is 33.0 Å². The second kappa shape index (κ2) is 7.38. The second-order valence-corrected chi connectivity index (χ2v) is 7.98. The molecule has 0 aliphatic carbocycles. The molecule has 0 nitrogen and oxygen atoms in total. The van der Waals surface area contributed by atoms with Gasteiger partial charge >= 0.3 is 0 Å². The zero-order valence-corrected chi connectivity index (χ0v) is 16.9. The van der Waals surface area contributed by atoms with Crippen LogP contribution in [-0.4, -0.2) is 0 Å². The summed E-state index contributed by atoms with van der Waals surface area (Å²) in [4.78, 5) is 0. The summed E-state index contributed by atoms with van der Waals surface area (Å²) in [7, 11) is 0. The monoisotopic (exact) mass is 390 g/mol. The molecule has 4 aromatic rings. The molecule has 0 unspecified atom stereocenters. The van der Waals surface area contributed by atoms with E-state index in [9.17, 15) is 0 Å². The molecule has 0 aromatic heterocycles. The van der Waals surface area contributed by atoms with E-state index in [0.29, 0.717) is 5.92 Å². The Labute approximate surface area is 170 Å². The van der Waals surface area contributed by atoms with Crippen molar-refractivity contribution in [1.82, 2.24) is 0 Å². The largest absolute Gasteiger partial charge is 0.0843 e. The van der Waals surface area contributed by atoms with E-state index < -0.39 is 0 Å². The van der Waals surface area contributed by atoms with Crippen molar-refractivity contribution >= 4 is 34.0 Å². The van der Waals surface area contributed by atoms with Gasteiger partial charge in [0.15, 0.2) is 0 Å². The van der Waals surface area contributed by atoms with Gasteiger partial charge in [-0.05, 0) is 74.8 Å². The van der Waals surface area contributed by atoms with Crippen molar-refractivity contribution in [3.63, 3.8) is 0 Å². The highest BCUT2D eigenvalue weighted by Crippen LogP contribution is 2.42. The lowest BCUT2D eigenvalue weighted by Gasteiger charge is -2.20. The van der Waals surface area contributed by atoms with Crippen molar-refractivity contribution in [2.24, 2.45) is 0 Å². The predicted molar refractivity (Wildman–Crippen MR) is 119 cm³/mol. The molecule has 4 aromatic carbocycles. The van der Waals surface area contributed by atoms with E-state index in [-0.39, 0.29) is 0 Å². The first-order valence-corrected chi connectivity index (χ1v) is 9.87. The summed E-state index contributed by atoms with van der Waals surface area (Å²) in [6.45, 7) is 4.48. The quantitative estimate of drug-likeness (QED) is 0.328. The highest BCUT2D eigenvalue weighted by Gasteiger charge is 2.17. The summed E-state index contributed by atoms with van der Waals surface area (Å²) in [5.41, 5.74) is 6.17. The molecule has 0 atom stereocenters. The molecule has 0 N–H and O–H groups in total. The van der Waals surface area contributed by atoms with Crippen LogP contribution in [-0.2, 0) is 0 Å². The highest BCUT2D eigenvalue weighted by atomic mass is 35.5. The van der Waals surface area contributed by atoms with Gasteiger partial charge in [0.05, 0.1) is 0 Å². The first kappa shape index (κ1) is 18.1. The van der Waals surface area contributed by atoms with Gasteiger partial charge < -0.3 is 0 Å². The summed E-state index contributed by atoms with van der Waals surface area (Å²) in [6.07, 6.45) is 0. The maximum atomic E-state index is 6.41. The molecule has 4 rings (SSSR count). The van der Waals surface area contributed by atoms with Crippen molar-refractivity contribution in [3.8, 4) is 22.3 Å². The highest BCUT2D eigenvalue weighted by molar-refractivity contribution is 6.32. The maximum Gasteiger partial charge on any atom is 0.0412 e. The predicted octanol–water partition coefficient (Wildman–Crippen LogP) is 8.60. The number of halogens is 2. The fraction of sp³-hybridized carbons (Fsp3) is 0.120. The zero-order chi connectivity index (χ0) is 19.0. The molecule has 0 aliphatic rings. The Hall–Kier alpha value is -2.28. The molecule has 0 radical (unpaired) electrons. The Bertz CT molecular complexity index is 1090. The minimum absolute atomic E-state index is 0.384. The average molecular weight is 391 g/mol. The molecule has 0 saturated carbocycles. The van der Waals surface area contributed by atoms with Crippen LogP contribution in [0.2, 0.25) is 10.0 Å². The second-order valence-electron chi connectivity index (χ2n) is 7.11. The van der Waals surface area contributed by atoms with Crippen molar-refractivity contribution in [3.05, 3.63) is 94.5 Å². The Kier molecular flexibility index (Phi) is 4.95. The lowest BCUT2D eigenvalue weighted by Crippen LogP contribution is -1.96. The minimum atomic E-state index is 0.384. The molecule has 27 heavy (non-hydrogen) atoms. The number of rotatable bonds is 3. The molecular weight excluding hydrogens is 371 g/mol. The number of hydrogen-bond donors (Lipinski definition) is 0. The first-order chi connectivity index (χ1) is 13.0. The molecule has 0 saturated heterocycles. The van der Waals surface area contributed by atoms with Gasteiger partial charge in [0.1, 0.15) is 0 Å². The lowest BCUT2D eigenvalue weighted by molar-refractivity contribution is 0.871. The van der Waals surface area contributed by atoms with E-state index in [4.69, 9.17) is 23.2 Å². The van der Waals surface area contributed by atoms with E-state index in [1.54, 1.807) is 0 Å². The van der Waals surface area contributed by atoms with Crippen LogP contribution >= 0.6 is 23.2 Å². The average Bonchev–Trinajstić information content (AvgIpc) is 2.68. The Balaban J connectivity index is 2.12. The molecule has 0 spiro atoms. The molecular formula is C25H20Cl2. The Morgan fingerprint density at radius 1 is 0.630 bits per heavy atom. The third kappa shape index (κ3) is 3.48. The van der Waals surface area contributed by atoms with E-state index in [0.717, 1.165) is 15.6 Å². The minimum Gasteiger partial charge on any atom is -0.0843 e. The van der Waals surface area contributed by atoms with Crippen LogP contribution in [0.25, 0.3) is 33.0 Å². The van der Waals surface area contributed by atoms with Gasteiger partial charge in [0.25, 0.3) is 0 Å². The summed E-state index contributed by atoms with van der Waals surface area (Å²) >= 11 is 12.5. The van der Waals surface area contributed by atoms with Crippen LogP contribution in [0.3, 0.4) is 0 Å². The Morgan fingerprint density at radius 2 is 1.30 bits per heavy atom. The summed E-state index contributed by atoms with van der Waals surface area (Å²) < 4.78 is 0. The molecule has 2 heteroatoms. The number of hydrogen-bond acceptors (Lipinski definition) is 0. The standard InChI is InChI=1S/C25H20Cl2/c1-16(2)22-15-23(17-8-10-19(26)11-9-17)21-13-12-20(27)14-24(21)25(22)18-6-4-3-5-7-18/h3-16H,1-2H3. The fourth-order valence-electron chi connectivity index (χ4n) is 3.67. The molecule has 0 aliphatic heterocycles. The smallest absolute Gasteiger partial charge is 0.0412 e. The van der Waals surface area contributed by atoms with Crippen LogP contribution in [0, 0.1) is 0 Å².